The van der Waals surface area contributed by atoms with Crippen LogP contribution in [0.2, 0.25) is 0 Å². The maximum atomic E-state index is 11.1. The molecule has 16 heavy (non-hydrogen) atoms. The lowest BCUT2D eigenvalue weighted by atomic mass is 10.4. The van der Waals surface area contributed by atoms with Gasteiger partial charge >= 0.3 is 5.97 Å². The number of ether oxygens (including phenoxy) is 1. The molecule has 0 N–H and O–H groups in total. The van der Waals surface area contributed by atoms with Crippen LogP contribution in [0.1, 0.15) is 24.7 Å². The Bertz CT molecular complexity index is 349. The Morgan fingerprint density at radius 3 is 2.56 bits per heavy atom. The van der Waals surface area contributed by atoms with E-state index >= 15 is 0 Å². The zero-order valence-corrected chi connectivity index (χ0v) is 10.6. The highest BCUT2D eigenvalue weighted by molar-refractivity contribution is 7.99. The Morgan fingerprint density at radius 1 is 1.38 bits per heavy atom. The van der Waals surface area contributed by atoms with Crippen molar-refractivity contribution in [1.29, 1.82) is 0 Å². The van der Waals surface area contributed by atoms with Gasteiger partial charge in [-0.3, -0.25) is 4.79 Å². The minimum Gasteiger partial charge on any atom is -0.466 e. The third kappa shape index (κ3) is 4.61. The molecule has 0 fully saturated rings. The van der Waals surface area contributed by atoms with Crippen LogP contribution in [0.15, 0.2) is 11.2 Å². The van der Waals surface area contributed by atoms with E-state index in [2.05, 4.69) is 9.97 Å². The molecule has 0 atom stereocenters. The first-order valence-electron chi connectivity index (χ1n) is 5.22. The third-order valence-electron chi connectivity index (χ3n) is 1.80. The molecule has 1 heterocycles. The SMILES string of the molecule is CCOC(=O)CCSc1nc(C)cc(C)n1. The van der Waals surface area contributed by atoms with E-state index in [0.29, 0.717) is 18.8 Å². The number of nitrogens with zero attached hydrogens (tertiary/aromatic N) is 2. The van der Waals surface area contributed by atoms with Gasteiger partial charge in [-0.2, -0.15) is 0 Å². The summed E-state index contributed by atoms with van der Waals surface area (Å²) in [5.74, 6) is 0.487. The second-order valence-electron chi connectivity index (χ2n) is 3.34. The van der Waals surface area contributed by atoms with Crippen molar-refractivity contribution in [3.05, 3.63) is 17.5 Å². The lowest BCUT2D eigenvalue weighted by molar-refractivity contribution is -0.142. The van der Waals surface area contributed by atoms with E-state index in [4.69, 9.17) is 4.74 Å². The third-order valence-corrected chi connectivity index (χ3v) is 2.65. The number of hydrogen-bond acceptors (Lipinski definition) is 5. The number of aryl methyl sites for hydroxylation is 2. The van der Waals surface area contributed by atoms with Crippen LogP contribution in [0, 0.1) is 13.8 Å². The van der Waals surface area contributed by atoms with Crippen molar-refractivity contribution < 1.29 is 9.53 Å². The lowest BCUT2D eigenvalue weighted by Gasteiger charge is -2.03. The van der Waals surface area contributed by atoms with Crippen LogP contribution < -0.4 is 0 Å². The largest absolute Gasteiger partial charge is 0.466 e. The molecule has 0 aliphatic rings. The molecule has 1 aromatic rings. The Balaban J connectivity index is 2.40. The van der Waals surface area contributed by atoms with Gasteiger partial charge in [0.05, 0.1) is 13.0 Å². The molecule has 0 amide bonds. The summed E-state index contributed by atoms with van der Waals surface area (Å²) < 4.78 is 4.83. The van der Waals surface area contributed by atoms with Gasteiger partial charge < -0.3 is 4.74 Å². The molecule has 0 aliphatic carbocycles. The molecule has 0 bridgehead atoms. The first-order chi connectivity index (χ1) is 7.61. The summed E-state index contributed by atoms with van der Waals surface area (Å²) in [6.07, 6.45) is 0.398. The number of rotatable bonds is 5. The van der Waals surface area contributed by atoms with Crippen LogP contribution in [0.4, 0.5) is 0 Å². The van der Waals surface area contributed by atoms with Gasteiger partial charge in [0.25, 0.3) is 0 Å². The summed E-state index contributed by atoms with van der Waals surface area (Å²) in [6.45, 7) is 6.11. The average Bonchev–Trinajstić information content (AvgIpc) is 2.16. The molecule has 5 heteroatoms. The van der Waals surface area contributed by atoms with Crippen molar-refractivity contribution in [2.45, 2.75) is 32.3 Å². The van der Waals surface area contributed by atoms with Crippen LogP contribution in [-0.4, -0.2) is 28.3 Å². The summed E-state index contributed by atoms with van der Waals surface area (Å²) in [5, 5.41) is 0.724. The van der Waals surface area contributed by atoms with Crippen molar-refractivity contribution in [3.8, 4) is 0 Å². The predicted octanol–water partition coefficient (Wildman–Crippen LogP) is 2.14. The van der Waals surface area contributed by atoms with Crippen LogP contribution in [-0.2, 0) is 9.53 Å². The highest BCUT2D eigenvalue weighted by atomic mass is 32.2. The van der Waals surface area contributed by atoms with Crippen LogP contribution >= 0.6 is 11.8 Å². The van der Waals surface area contributed by atoms with Crippen molar-refractivity contribution in [1.82, 2.24) is 9.97 Å². The summed E-state index contributed by atoms with van der Waals surface area (Å²) in [5.41, 5.74) is 1.90. The molecule has 1 aromatic heterocycles. The van der Waals surface area contributed by atoms with Crippen molar-refractivity contribution in [3.63, 3.8) is 0 Å². The van der Waals surface area contributed by atoms with E-state index in [0.717, 1.165) is 16.5 Å². The first kappa shape index (κ1) is 13.0. The zero-order valence-electron chi connectivity index (χ0n) is 9.82. The zero-order chi connectivity index (χ0) is 12.0. The molecule has 88 valence electrons. The number of esters is 1. The fraction of sp³-hybridized carbons (Fsp3) is 0.545. The van der Waals surface area contributed by atoms with E-state index in [1.807, 2.05) is 19.9 Å². The molecule has 0 radical (unpaired) electrons. The van der Waals surface area contributed by atoms with Gasteiger partial charge in [-0.15, -0.1) is 0 Å². The summed E-state index contributed by atoms with van der Waals surface area (Å²) in [4.78, 5) is 19.6. The normalized spacial score (nSPS) is 10.2. The second kappa shape index (κ2) is 6.48. The molecular weight excluding hydrogens is 224 g/mol. The van der Waals surface area contributed by atoms with E-state index < -0.39 is 0 Å². The molecule has 0 aliphatic heterocycles. The Labute approximate surface area is 99.8 Å². The standard InChI is InChI=1S/C11H16N2O2S/c1-4-15-10(14)5-6-16-11-12-8(2)7-9(3)13-11/h7H,4-6H2,1-3H3. The highest BCUT2D eigenvalue weighted by Gasteiger charge is 2.04. The van der Waals surface area contributed by atoms with Gasteiger partial charge in [-0.1, -0.05) is 11.8 Å². The van der Waals surface area contributed by atoms with Gasteiger partial charge in [0.15, 0.2) is 5.16 Å². The quantitative estimate of drug-likeness (QED) is 0.448. The number of hydrogen-bond donors (Lipinski definition) is 0. The monoisotopic (exact) mass is 240 g/mol. The van der Waals surface area contributed by atoms with Crippen molar-refractivity contribution in [2.24, 2.45) is 0 Å². The fourth-order valence-corrected chi connectivity index (χ4v) is 2.09. The summed E-state index contributed by atoms with van der Waals surface area (Å²) in [6, 6.07) is 1.93. The van der Waals surface area contributed by atoms with Crippen LogP contribution in [0.25, 0.3) is 0 Å². The van der Waals surface area contributed by atoms with E-state index in [9.17, 15) is 4.79 Å². The smallest absolute Gasteiger partial charge is 0.306 e. The predicted molar refractivity (Wildman–Crippen MR) is 63.5 cm³/mol. The van der Waals surface area contributed by atoms with Gasteiger partial charge in [-0.05, 0) is 26.8 Å². The molecular formula is C11H16N2O2S. The molecule has 0 aromatic carbocycles. The van der Waals surface area contributed by atoms with E-state index in [-0.39, 0.29) is 5.97 Å². The molecule has 0 saturated carbocycles. The van der Waals surface area contributed by atoms with Gasteiger partial charge in [-0.25, -0.2) is 9.97 Å². The van der Waals surface area contributed by atoms with Crippen LogP contribution in [0.5, 0.6) is 0 Å². The Hall–Kier alpha value is -1.10. The topological polar surface area (TPSA) is 52.1 Å². The molecule has 0 unspecified atom stereocenters. The highest BCUT2D eigenvalue weighted by Crippen LogP contribution is 2.15. The minimum atomic E-state index is -0.167. The van der Waals surface area contributed by atoms with Gasteiger partial charge in [0, 0.05) is 17.1 Å². The van der Waals surface area contributed by atoms with Crippen LogP contribution in [0.3, 0.4) is 0 Å². The van der Waals surface area contributed by atoms with E-state index in [1.54, 1.807) is 6.92 Å². The number of carbonyl (C=O) groups excluding carboxylic acids is 1. The lowest BCUT2D eigenvalue weighted by Crippen LogP contribution is -2.05. The Morgan fingerprint density at radius 2 is 2.00 bits per heavy atom. The van der Waals surface area contributed by atoms with Crippen molar-refractivity contribution in [2.75, 3.05) is 12.4 Å². The van der Waals surface area contributed by atoms with Gasteiger partial charge in [0.1, 0.15) is 0 Å². The second-order valence-corrected chi connectivity index (χ2v) is 4.40. The molecule has 0 saturated heterocycles. The maximum absolute atomic E-state index is 11.1. The van der Waals surface area contributed by atoms with Crippen molar-refractivity contribution >= 4 is 17.7 Å². The molecule has 0 spiro atoms. The molecule has 1 rings (SSSR count). The van der Waals surface area contributed by atoms with Gasteiger partial charge in [0.2, 0.25) is 0 Å². The minimum absolute atomic E-state index is 0.167. The average molecular weight is 240 g/mol. The first-order valence-corrected chi connectivity index (χ1v) is 6.21. The number of thioether (sulfide) groups is 1. The summed E-state index contributed by atoms with van der Waals surface area (Å²) >= 11 is 1.48. The molecule has 4 nitrogen and oxygen atoms in total. The maximum Gasteiger partial charge on any atom is 0.306 e. The number of carbonyl (C=O) groups is 1. The fourth-order valence-electron chi connectivity index (χ4n) is 1.22. The van der Waals surface area contributed by atoms with E-state index in [1.165, 1.54) is 11.8 Å². The Kier molecular flexibility index (Phi) is 5.25. The summed E-state index contributed by atoms with van der Waals surface area (Å²) in [7, 11) is 0. The number of aromatic nitrogens is 2.